The molecule has 0 amide bonds. The van der Waals surface area contributed by atoms with Crippen molar-refractivity contribution < 1.29 is 4.39 Å². The summed E-state index contributed by atoms with van der Waals surface area (Å²) >= 11 is 3.63. The van der Waals surface area contributed by atoms with E-state index in [2.05, 4.69) is 53.3 Å². The van der Waals surface area contributed by atoms with E-state index in [0.717, 1.165) is 23.0 Å². The number of nitrogens with one attached hydrogen (secondary N) is 1. The van der Waals surface area contributed by atoms with Crippen LogP contribution in [0.3, 0.4) is 0 Å². The molecule has 0 aliphatic carbocycles. The van der Waals surface area contributed by atoms with E-state index < -0.39 is 0 Å². The van der Waals surface area contributed by atoms with Crippen LogP contribution >= 0.6 is 15.9 Å². The standard InChI is InChI=1S/C17H19BrFN/c1-3-20-17(11-13-5-4-6-14(19)10-13)15-8-7-12(2)9-16(15)18/h4-10,17,20H,3,11H2,1-2H3. The Kier molecular flexibility index (Phi) is 5.32. The second kappa shape index (κ2) is 7.00. The minimum absolute atomic E-state index is 0.178. The first kappa shape index (κ1) is 15.2. The highest BCUT2D eigenvalue weighted by Gasteiger charge is 2.14. The van der Waals surface area contributed by atoms with Gasteiger partial charge in [-0.25, -0.2) is 4.39 Å². The van der Waals surface area contributed by atoms with E-state index in [9.17, 15) is 4.39 Å². The Morgan fingerprint density at radius 1 is 1.20 bits per heavy atom. The molecule has 2 aromatic carbocycles. The van der Waals surface area contributed by atoms with Crippen LogP contribution < -0.4 is 5.32 Å². The van der Waals surface area contributed by atoms with Gasteiger partial charge >= 0.3 is 0 Å². The van der Waals surface area contributed by atoms with Crippen LogP contribution in [0.1, 0.15) is 29.7 Å². The number of hydrogen-bond acceptors (Lipinski definition) is 1. The van der Waals surface area contributed by atoms with Gasteiger partial charge in [0, 0.05) is 10.5 Å². The first-order chi connectivity index (χ1) is 9.60. The molecule has 2 aromatic rings. The van der Waals surface area contributed by atoms with Crippen molar-refractivity contribution in [1.29, 1.82) is 0 Å². The Balaban J connectivity index is 2.26. The molecule has 0 saturated heterocycles. The lowest BCUT2D eigenvalue weighted by Crippen LogP contribution is -2.23. The lowest BCUT2D eigenvalue weighted by molar-refractivity contribution is 0.545. The maximum atomic E-state index is 13.3. The summed E-state index contributed by atoms with van der Waals surface area (Å²) in [5.74, 6) is -0.180. The molecule has 20 heavy (non-hydrogen) atoms. The van der Waals surface area contributed by atoms with Crippen molar-refractivity contribution >= 4 is 15.9 Å². The third kappa shape index (κ3) is 3.90. The van der Waals surface area contributed by atoms with Gasteiger partial charge < -0.3 is 5.32 Å². The first-order valence-electron chi connectivity index (χ1n) is 6.84. The van der Waals surface area contributed by atoms with Crippen molar-refractivity contribution in [3.63, 3.8) is 0 Å². The van der Waals surface area contributed by atoms with E-state index in [1.165, 1.54) is 17.2 Å². The zero-order chi connectivity index (χ0) is 14.5. The fraction of sp³-hybridized carbons (Fsp3) is 0.294. The van der Waals surface area contributed by atoms with Crippen molar-refractivity contribution in [2.24, 2.45) is 0 Å². The minimum Gasteiger partial charge on any atom is -0.310 e. The summed E-state index contributed by atoms with van der Waals surface area (Å²) in [5.41, 5.74) is 3.44. The number of likely N-dealkylation sites (N-methyl/N-ethyl adjacent to an activating group) is 1. The molecule has 3 heteroatoms. The molecule has 0 fully saturated rings. The molecular weight excluding hydrogens is 317 g/mol. The summed E-state index contributed by atoms with van der Waals surface area (Å²) in [4.78, 5) is 0. The van der Waals surface area contributed by atoms with Gasteiger partial charge in [-0.2, -0.15) is 0 Å². The predicted octanol–water partition coefficient (Wildman–Crippen LogP) is 4.79. The van der Waals surface area contributed by atoms with Crippen molar-refractivity contribution in [2.75, 3.05) is 6.54 Å². The van der Waals surface area contributed by atoms with Gasteiger partial charge in [-0.1, -0.05) is 47.1 Å². The maximum Gasteiger partial charge on any atom is 0.123 e. The van der Waals surface area contributed by atoms with Crippen molar-refractivity contribution in [3.8, 4) is 0 Å². The molecule has 1 nitrogen and oxygen atoms in total. The Hall–Kier alpha value is -1.19. The maximum absolute atomic E-state index is 13.3. The van der Waals surface area contributed by atoms with Gasteiger partial charge in [0.05, 0.1) is 0 Å². The fourth-order valence-corrected chi connectivity index (χ4v) is 3.12. The lowest BCUT2D eigenvalue weighted by atomic mass is 9.98. The highest BCUT2D eigenvalue weighted by molar-refractivity contribution is 9.10. The van der Waals surface area contributed by atoms with Crippen LogP contribution in [0.4, 0.5) is 4.39 Å². The summed E-state index contributed by atoms with van der Waals surface area (Å²) in [6, 6.07) is 13.3. The Bertz CT molecular complexity index is 583. The molecule has 0 radical (unpaired) electrons. The van der Waals surface area contributed by atoms with Crippen molar-refractivity contribution in [3.05, 3.63) is 69.4 Å². The normalized spacial score (nSPS) is 12.4. The summed E-state index contributed by atoms with van der Waals surface area (Å²) in [7, 11) is 0. The minimum atomic E-state index is -0.180. The molecule has 2 rings (SSSR count). The van der Waals surface area contributed by atoms with E-state index in [0.29, 0.717) is 0 Å². The van der Waals surface area contributed by atoms with Gasteiger partial charge in [0.2, 0.25) is 0 Å². The summed E-state index contributed by atoms with van der Waals surface area (Å²) in [5, 5.41) is 3.47. The predicted molar refractivity (Wildman–Crippen MR) is 85.4 cm³/mol. The van der Waals surface area contributed by atoms with E-state index in [1.807, 2.05) is 6.07 Å². The fourth-order valence-electron chi connectivity index (χ4n) is 2.35. The SMILES string of the molecule is CCNC(Cc1cccc(F)c1)c1ccc(C)cc1Br. The van der Waals surface area contributed by atoms with Crippen LogP contribution in [0.2, 0.25) is 0 Å². The zero-order valence-electron chi connectivity index (χ0n) is 11.8. The zero-order valence-corrected chi connectivity index (χ0v) is 13.4. The van der Waals surface area contributed by atoms with E-state index in [1.54, 1.807) is 12.1 Å². The van der Waals surface area contributed by atoms with Crippen LogP contribution in [-0.4, -0.2) is 6.54 Å². The van der Waals surface area contributed by atoms with Crippen LogP contribution in [0.5, 0.6) is 0 Å². The molecular formula is C17H19BrFN. The number of rotatable bonds is 5. The molecule has 1 unspecified atom stereocenters. The lowest BCUT2D eigenvalue weighted by Gasteiger charge is -2.20. The Labute approximate surface area is 128 Å². The summed E-state index contributed by atoms with van der Waals surface area (Å²) in [6.07, 6.45) is 0.771. The van der Waals surface area contributed by atoms with Gasteiger partial charge in [-0.3, -0.25) is 0 Å². The number of halogens is 2. The average Bonchev–Trinajstić information content (AvgIpc) is 2.38. The Morgan fingerprint density at radius 3 is 2.65 bits per heavy atom. The number of benzene rings is 2. The number of hydrogen-bond donors (Lipinski definition) is 1. The monoisotopic (exact) mass is 335 g/mol. The smallest absolute Gasteiger partial charge is 0.123 e. The van der Waals surface area contributed by atoms with Gasteiger partial charge in [0.15, 0.2) is 0 Å². The van der Waals surface area contributed by atoms with E-state index >= 15 is 0 Å². The molecule has 0 bridgehead atoms. The second-order valence-corrected chi connectivity index (χ2v) is 5.82. The molecule has 1 atom stereocenters. The third-order valence-corrected chi connectivity index (χ3v) is 4.00. The van der Waals surface area contributed by atoms with Crippen LogP contribution in [-0.2, 0) is 6.42 Å². The highest BCUT2D eigenvalue weighted by atomic mass is 79.9. The van der Waals surface area contributed by atoms with Gasteiger partial charge in [-0.15, -0.1) is 0 Å². The second-order valence-electron chi connectivity index (χ2n) is 4.97. The molecule has 0 saturated carbocycles. The topological polar surface area (TPSA) is 12.0 Å². The molecule has 1 N–H and O–H groups in total. The van der Waals surface area contributed by atoms with Gasteiger partial charge in [-0.05, 0) is 54.8 Å². The molecule has 0 spiro atoms. The van der Waals surface area contributed by atoms with Crippen molar-refractivity contribution in [2.45, 2.75) is 26.3 Å². The van der Waals surface area contributed by atoms with Crippen LogP contribution in [0.25, 0.3) is 0 Å². The molecule has 0 aliphatic rings. The Morgan fingerprint density at radius 2 is 2.00 bits per heavy atom. The largest absolute Gasteiger partial charge is 0.310 e. The average molecular weight is 336 g/mol. The van der Waals surface area contributed by atoms with Crippen molar-refractivity contribution in [1.82, 2.24) is 5.32 Å². The van der Waals surface area contributed by atoms with Crippen LogP contribution in [0.15, 0.2) is 46.9 Å². The van der Waals surface area contributed by atoms with E-state index in [4.69, 9.17) is 0 Å². The van der Waals surface area contributed by atoms with Crippen LogP contribution in [0, 0.1) is 12.7 Å². The molecule has 0 heterocycles. The highest BCUT2D eigenvalue weighted by Crippen LogP contribution is 2.27. The van der Waals surface area contributed by atoms with Gasteiger partial charge in [0.25, 0.3) is 0 Å². The molecule has 106 valence electrons. The molecule has 0 aliphatic heterocycles. The van der Waals surface area contributed by atoms with Gasteiger partial charge in [0.1, 0.15) is 5.82 Å². The number of aryl methyl sites for hydroxylation is 1. The summed E-state index contributed by atoms with van der Waals surface area (Å²) in [6.45, 7) is 5.03. The quantitative estimate of drug-likeness (QED) is 0.828. The molecule has 0 aromatic heterocycles. The summed E-state index contributed by atoms with van der Waals surface area (Å²) < 4.78 is 14.4. The first-order valence-corrected chi connectivity index (χ1v) is 7.63. The third-order valence-electron chi connectivity index (χ3n) is 3.31. The van der Waals surface area contributed by atoms with E-state index in [-0.39, 0.29) is 11.9 Å².